The number of rotatable bonds is 2. The molecular weight excluding hydrogens is 137 g/mol. The third-order valence-corrected chi connectivity index (χ3v) is 0.614. The van der Waals surface area contributed by atoms with Crippen LogP contribution in [0.4, 0.5) is 13.2 Å². The van der Waals surface area contributed by atoms with Gasteiger partial charge in [0.05, 0.1) is 0 Å². The molecule has 0 bridgehead atoms. The Morgan fingerprint density at radius 2 is 1.89 bits per heavy atom. The average molecular weight is 142 g/mol. The lowest BCUT2D eigenvalue weighted by atomic mass is 10.4. The number of amides is 1. The van der Waals surface area contributed by atoms with E-state index in [1.54, 1.807) is 0 Å². The summed E-state index contributed by atoms with van der Waals surface area (Å²) in [6.45, 7) is 0. The number of halogens is 3. The van der Waals surface area contributed by atoms with Gasteiger partial charge in [0.2, 0.25) is 6.17 Å². The van der Waals surface area contributed by atoms with E-state index in [1.165, 1.54) is 5.43 Å². The van der Waals surface area contributed by atoms with E-state index in [0.717, 1.165) is 0 Å². The second-order valence-corrected chi connectivity index (χ2v) is 1.24. The molecule has 0 saturated carbocycles. The Hall–Kier alpha value is -0.780. The van der Waals surface area contributed by atoms with Crippen molar-refractivity contribution < 1.29 is 18.0 Å². The molecule has 0 heterocycles. The molecule has 9 heavy (non-hydrogen) atoms. The molecule has 1 amide bonds. The highest BCUT2D eigenvalue weighted by Crippen LogP contribution is 2.03. The van der Waals surface area contributed by atoms with Crippen molar-refractivity contribution in [3.63, 3.8) is 0 Å². The summed E-state index contributed by atoms with van der Waals surface area (Å²) in [5, 5.41) is 0. The Balaban J connectivity index is 3.72. The van der Waals surface area contributed by atoms with Gasteiger partial charge in [0.25, 0.3) is 12.3 Å². The molecule has 0 fully saturated rings. The highest BCUT2D eigenvalue weighted by atomic mass is 19.3. The van der Waals surface area contributed by atoms with Crippen LogP contribution in [-0.4, -0.2) is 18.5 Å². The van der Waals surface area contributed by atoms with E-state index in [0.29, 0.717) is 0 Å². The summed E-state index contributed by atoms with van der Waals surface area (Å²) < 4.78 is 34.0. The zero-order valence-electron chi connectivity index (χ0n) is 4.27. The van der Waals surface area contributed by atoms with Crippen LogP contribution in [0, 0.1) is 0 Å². The Kier molecular flexibility index (Phi) is 3.00. The molecule has 54 valence electrons. The average Bonchev–Trinajstić information content (AvgIpc) is 1.84. The van der Waals surface area contributed by atoms with Crippen LogP contribution in [0.1, 0.15) is 0 Å². The van der Waals surface area contributed by atoms with E-state index in [-0.39, 0.29) is 0 Å². The predicted molar refractivity (Wildman–Crippen MR) is 23.2 cm³/mol. The summed E-state index contributed by atoms with van der Waals surface area (Å²) in [5.41, 5.74) is 1.25. The topological polar surface area (TPSA) is 55.1 Å². The molecule has 0 radical (unpaired) electrons. The van der Waals surface area contributed by atoms with Crippen molar-refractivity contribution in [1.29, 1.82) is 0 Å². The van der Waals surface area contributed by atoms with E-state index in [4.69, 9.17) is 0 Å². The van der Waals surface area contributed by atoms with E-state index in [9.17, 15) is 18.0 Å². The number of carbonyl (C=O) groups excluding carboxylic acids is 1. The number of alkyl halides is 3. The molecule has 6 heteroatoms. The lowest BCUT2D eigenvalue weighted by Crippen LogP contribution is -2.40. The molecule has 0 aromatic rings. The molecule has 1 atom stereocenters. The smallest absolute Gasteiger partial charge is 0.278 e. The lowest BCUT2D eigenvalue weighted by Gasteiger charge is -2.02. The van der Waals surface area contributed by atoms with E-state index >= 15 is 0 Å². The summed E-state index contributed by atoms with van der Waals surface area (Å²) in [6, 6.07) is 0. The van der Waals surface area contributed by atoms with Crippen molar-refractivity contribution in [3.8, 4) is 0 Å². The molecular formula is C3H5F3N2O. The van der Waals surface area contributed by atoms with Gasteiger partial charge in [-0.05, 0) is 0 Å². The van der Waals surface area contributed by atoms with Gasteiger partial charge in [0.1, 0.15) is 0 Å². The van der Waals surface area contributed by atoms with E-state index < -0.39 is 18.5 Å². The summed E-state index contributed by atoms with van der Waals surface area (Å²) >= 11 is 0. The van der Waals surface area contributed by atoms with Crippen molar-refractivity contribution in [3.05, 3.63) is 0 Å². The van der Waals surface area contributed by atoms with E-state index in [2.05, 4.69) is 5.84 Å². The predicted octanol–water partition coefficient (Wildman–Crippen LogP) is -0.421. The van der Waals surface area contributed by atoms with Gasteiger partial charge < -0.3 is 0 Å². The largest absolute Gasteiger partial charge is 0.292 e. The third-order valence-electron chi connectivity index (χ3n) is 0.614. The molecule has 0 rings (SSSR count). The minimum absolute atomic E-state index is 1.25. The Bertz CT molecular complexity index is 107. The van der Waals surface area contributed by atoms with Crippen molar-refractivity contribution in [2.45, 2.75) is 12.6 Å². The molecule has 1 unspecified atom stereocenters. The zero-order chi connectivity index (χ0) is 7.44. The molecule has 0 aromatic carbocycles. The number of carbonyl (C=O) groups is 1. The summed E-state index contributed by atoms with van der Waals surface area (Å²) in [6.07, 6.45) is -6.14. The molecule has 0 spiro atoms. The van der Waals surface area contributed by atoms with Crippen LogP contribution in [0.3, 0.4) is 0 Å². The highest BCUT2D eigenvalue weighted by molar-refractivity contribution is 5.80. The summed E-state index contributed by atoms with van der Waals surface area (Å²) in [5.74, 6) is 2.83. The van der Waals surface area contributed by atoms with Crippen molar-refractivity contribution >= 4 is 5.91 Å². The van der Waals surface area contributed by atoms with Crippen molar-refractivity contribution in [2.75, 3.05) is 0 Å². The second-order valence-electron chi connectivity index (χ2n) is 1.24. The second kappa shape index (κ2) is 3.29. The number of nitrogens with two attached hydrogens (primary N) is 1. The van der Waals surface area contributed by atoms with Gasteiger partial charge in [-0.25, -0.2) is 19.0 Å². The summed E-state index contributed by atoms with van der Waals surface area (Å²) in [7, 11) is 0. The fourth-order valence-electron chi connectivity index (χ4n) is 0.194. The number of hydrogen-bond donors (Lipinski definition) is 2. The molecule has 0 aliphatic heterocycles. The van der Waals surface area contributed by atoms with Crippen molar-refractivity contribution in [2.24, 2.45) is 5.84 Å². The Morgan fingerprint density at radius 3 is 2.00 bits per heavy atom. The van der Waals surface area contributed by atoms with Crippen LogP contribution in [0.15, 0.2) is 0 Å². The molecule has 0 aromatic heterocycles. The monoisotopic (exact) mass is 142 g/mol. The van der Waals surface area contributed by atoms with Gasteiger partial charge in [-0.1, -0.05) is 0 Å². The zero-order valence-corrected chi connectivity index (χ0v) is 4.27. The van der Waals surface area contributed by atoms with Gasteiger partial charge in [-0.15, -0.1) is 0 Å². The minimum Gasteiger partial charge on any atom is -0.292 e. The number of hydrazine groups is 1. The fraction of sp³-hybridized carbons (Fsp3) is 0.667. The molecule has 0 aliphatic rings. The van der Waals surface area contributed by atoms with E-state index in [1.807, 2.05) is 0 Å². The first kappa shape index (κ1) is 8.22. The molecule has 0 aliphatic carbocycles. The lowest BCUT2D eigenvalue weighted by molar-refractivity contribution is -0.131. The van der Waals surface area contributed by atoms with Crippen LogP contribution in [-0.2, 0) is 4.79 Å². The first-order valence-corrected chi connectivity index (χ1v) is 2.02. The Labute approximate surface area is 49.0 Å². The fourth-order valence-corrected chi connectivity index (χ4v) is 0.194. The maximum atomic E-state index is 11.7. The molecule has 3 N–H and O–H groups in total. The standard InChI is InChI=1S/C3H5F3N2O/c4-1(2(5)6)3(9)8-7/h1-2H,7H2,(H,8,9). The van der Waals surface area contributed by atoms with Crippen molar-refractivity contribution in [1.82, 2.24) is 5.43 Å². The quantitative estimate of drug-likeness (QED) is 0.312. The van der Waals surface area contributed by atoms with Crippen LogP contribution in [0.25, 0.3) is 0 Å². The van der Waals surface area contributed by atoms with Gasteiger partial charge in [-0.3, -0.25) is 10.2 Å². The summed E-state index contributed by atoms with van der Waals surface area (Å²) in [4.78, 5) is 9.86. The first-order valence-electron chi connectivity index (χ1n) is 2.02. The molecule has 0 saturated heterocycles. The van der Waals surface area contributed by atoms with Gasteiger partial charge in [0, 0.05) is 0 Å². The van der Waals surface area contributed by atoms with Gasteiger partial charge in [0.15, 0.2) is 0 Å². The Morgan fingerprint density at radius 1 is 1.44 bits per heavy atom. The van der Waals surface area contributed by atoms with Gasteiger partial charge >= 0.3 is 0 Å². The first-order chi connectivity index (χ1) is 4.09. The van der Waals surface area contributed by atoms with Crippen LogP contribution >= 0.6 is 0 Å². The molecule has 3 nitrogen and oxygen atoms in total. The van der Waals surface area contributed by atoms with Crippen LogP contribution < -0.4 is 11.3 Å². The maximum absolute atomic E-state index is 11.7. The number of nitrogens with one attached hydrogen (secondary N) is 1. The van der Waals surface area contributed by atoms with Crippen LogP contribution in [0.5, 0.6) is 0 Å². The minimum atomic E-state index is -3.31. The maximum Gasteiger partial charge on any atom is 0.278 e. The highest BCUT2D eigenvalue weighted by Gasteiger charge is 2.26. The van der Waals surface area contributed by atoms with Crippen LogP contribution in [0.2, 0.25) is 0 Å². The number of hydrogen-bond acceptors (Lipinski definition) is 2. The van der Waals surface area contributed by atoms with Gasteiger partial charge in [-0.2, -0.15) is 0 Å². The SMILES string of the molecule is NNC(=O)C(F)C(F)F. The third kappa shape index (κ3) is 2.31. The normalized spacial score (nSPS) is 13.4.